The van der Waals surface area contributed by atoms with Crippen molar-refractivity contribution in [3.05, 3.63) is 29.3 Å². The summed E-state index contributed by atoms with van der Waals surface area (Å²) in [6.07, 6.45) is 0. The number of rotatable bonds is 4. The maximum absolute atomic E-state index is 11.6. The van der Waals surface area contributed by atoms with Crippen LogP contribution in [0.2, 0.25) is 0 Å². The summed E-state index contributed by atoms with van der Waals surface area (Å²) < 4.78 is 29.5. The first-order valence-electron chi connectivity index (χ1n) is 4.93. The molecule has 0 amide bonds. The number of anilines is 1. The highest BCUT2D eigenvalue weighted by Gasteiger charge is 2.17. The van der Waals surface area contributed by atoms with Crippen molar-refractivity contribution in [1.29, 1.82) is 10.5 Å². The van der Waals surface area contributed by atoms with E-state index >= 15 is 0 Å². The molecular formula is C11H9N3O4S. The molecule has 0 atom stereocenters. The number of hydrogen-bond donors (Lipinski definition) is 1. The third-order valence-electron chi connectivity index (χ3n) is 2.07. The average molecular weight is 279 g/mol. The molecule has 1 rings (SSSR count). The first-order valence-corrected chi connectivity index (χ1v) is 6.58. The molecule has 1 aromatic carbocycles. The number of esters is 1. The van der Waals surface area contributed by atoms with E-state index in [2.05, 4.69) is 9.46 Å². The van der Waals surface area contributed by atoms with Gasteiger partial charge in [0, 0.05) is 5.69 Å². The van der Waals surface area contributed by atoms with E-state index in [9.17, 15) is 13.2 Å². The number of methoxy groups -OCH3 is 1. The Morgan fingerprint density at radius 3 is 2.47 bits per heavy atom. The van der Waals surface area contributed by atoms with Crippen LogP contribution >= 0.6 is 0 Å². The molecule has 0 heterocycles. The fourth-order valence-corrected chi connectivity index (χ4v) is 2.21. The fraction of sp³-hybridized carbons (Fsp3) is 0.182. The number of sulfonamides is 1. The van der Waals surface area contributed by atoms with E-state index in [-0.39, 0.29) is 16.8 Å². The monoisotopic (exact) mass is 279 g/mol. The Labute approximate surface area is 110 Å². The lowest BCUT2D eigenvalue weighted by Gasteiger charge is -2.07. The molecule has 1 aromatic rings. The highest BCUT2D eigenvalue weighted by atomic mass is 32.2. The molecule has 0 aliphatic carbocycles. The Bertz CT molecular complexity index is 683. The second-order valence-electron chi connectivity index (χ2n) is 3.42. The van der Waals surface area contributed by atoms with Gasteiger partial charge in [-0.3, -0.25) is 9.52 Å². The number of hydrogen-bond acceptors (Lipinski definition) is 6. The van der Waals surface area contributed by atoms with Gasteiger partial charge in [0.05, 0.1) is 18.2 Å². The van der Waals surface area contributed by atoms with Crippen LogP contribution in [0.3, 0.4) is 0 Å². The van der Waals surface area contributed by atoms with Crippen LogP contribution in [0.4, 0.5) is 5.69 Å². The Hall–Kier alpha value is -2.58. The molecule has 1 N–H and O–H groups in total. The molecule has 98 valence electrons. The highest BCUT2D eigenvalue weighted by Crippen LogP contribution is 2.16. The molecule has 0 fully saturated rings. The fourth-order valence-electron chi connectivity index (χ4n) is 1.23. The second kappa shape index (κ2) is 5.85. The van der Waals surface area contributed by atoms with E-state index in [1.54, 1.807) is 12.1 Å². The Morgan fingerprint density at radius 1 is 1.32 bits per heavy atom. The van der Waals surface area contributed by atoms with E-state index in [1.165, 1.54) is 18.2 Å². The summed E-state index contributed by atoms with van der Waals surface area (Å²) in [4.78, 5) is 10.9. The predicted molar refractivity (Wildman–Crippen MR) is 65.3 cm³/mol. The summed E-state index contributed by atoms with van der Waals surface area (Å²) in [5.74, 6) is -1.73. The number of ether oxygens (including phenoxy) is 1. The number of nitrogens with zero attached hydrogens (tertiary/aromatic N) is 2. The van der Waals surface area contributed by atoms with Crippen molar-refractivity contribution in [2.75, 3.05) is 17.6 Å². The Balaban J connectivity index is 2.99. The maximum Gasteiger partial charge on any atom is 0.322 e. The van der Waals surface area contributed by atoms with Gasteiger partial charge in [0.25, 0.3) is 0 Å². The van der Waals surface area contributed by atoms with E-state index in [0.29, 0.717) is 0 Å². The topological polar surface area (TPSA) is 120 Å². The van der Waals surface area contributed by atoms with E-state index in [1.807, 2.05) is 0 Å². The quantitative estimate of drug-likeness (QED) is 0.794. The van der Waals surface area contributed by atoms with Crippen LogP contribution in [-0.2, 0) is 19.6 Å². The zero-order chi connectivity index (χ0) is 14.5. The summed E-state index contributed by atoms with van der Waals surface area (Å²) in [6.45, 7) is 0. The van der Waals surface area contributed by atoms with Crippen molar-refractivity contribution >= 4 is 21.7 Å². The Kier molecular flexibility index (Phi) is 4.46. The van der Waals surface area contributed by atoms with Gasteiger partial charge in [-0.1, -0.05) is 0 Å². The van der Waals surface area contributed by atoms with E-state index in [0.717, 1.165) is 7.11 Å². The van der Waals surface area contributed by atoms with Crippen LogP contribution in [0, 0.1) is 22.7 Å². The summed E-state index contributed by atoms with van der Waals surface area (Å²) in [5.41, 5.74) is 0.277. The van der Waals surface area contributed by atoms with Gasteiger partial charge in [-0.05, 0) is 18.2 Å². The van der Waals surface area contributed by atoms with Crippen LogP contribution in [-0.4, -0.2) is 27.2 Å². The molecule has 7 nitrogen and oxygen atoms in total. The minimum absolute atomic E-state index is 0.0424. The molecule has 8 heteroatoms. The summed E-state index contributed by atoms with van der Waals surface area (Å²) >= 11 is 0. The van der Waals surface area contributed by atoms with E-state index in [4.69, 9.17) is 10.5 Å². The lowest BCUT2D eigenvalue weighted by Crippen LogP contribution is -2.23. The molecule has 0 radical (unpaired) electrons. The van der Waals surface area contributed by atoms with Crippen molar-refractivity contribution in [3.63, 3.8) is 0 Å². The Morgan fingerprint density at radius 2 is 1.95 bits per heavy atom. The molecule has 19 heavy (non-hydrogen) atoms. The SMILES string of the molecule is COC(=O)CS(=O)(=O)Nc1ccc(C#N)c(C#N)c1. The largest absolute Gasteiger partial charge is 0.468 e. The number of nitrogens with one attached hydrogen (secondary N) is 1. The van der Waals surface area contributed by atoms with Crippen molar-refractivity contribution in [2.45, 2.75) is 0 Å². The van der Waals surface area contributed by atoms with Crippen LogP contribution < -0.4 is 4.72 Å². The second-order valence-corrected chi connectivity index (χ2v) is 5.14. The molecule has 0 bridgehead atoms. The van der Waals surface area contributed by atoms with Crippen molar-refractivity contribution in [2.24, 2.45) is 0 Å². The van der Waals surface area contributed by atoms with Crippen LogP contribution in [0.15, 0.2) is 18.2 Å². The van der Waals surface area contributed by atoms with E-state index < -0.39 is 21.7 Å². The van der Waals surface area contributed by atoms with Gasteiger partial charge in [-0.2, -0.15) is 10.5 Å². The molecule has 0 unspecified atom stereocenters. The highest BCUT2D eigenvalue weighted by molar-refractivity contribution is 7.93. The third kappa shape index (κ3) is 3.98. The first kappa shape index (κ1) is 14.5. The third-order valence-corrected chi connectivity index (χ3v) is 3.23. The smallest absolute Gasteiger partial charge is 0.322 e. The van der Waals surface area contributed by atoms with Gasteiger partial charge in [0.15, 0.2) is 5.75 Å². The zero-order valence-electron chi connectivity index (χ0n) is 9.87. The number of carbonyl (C=O) groups excluding carboxylic acids is 1. The lowest BCUT2D eigenvalue weighted by atomic mass is 10.1. The van der Waals surface area contributed by atoms with Crippen LogP contribution in [0.25, 0.3) is 0 Å². The van der Waals surface area contributed by atoms with Gasteiger partial charge in [-0.25, -0.2) is 8.42 Å². The maximum atomic E-state index is 11.6. The molecular weight excluding hydrogens is 270 g/mol. The summed E-state index contributed by atoms with van der Waals surface area (Å²) in [5, 5.41) is 17.5. The standard InChI is InChI=1S/C11H9N3O4S/c1-18-11(15)7-19(16,17)14-10-3-2-8(5-12)9(4-10)6-13/h2-4,14H,7H2,1H3. The molecule has 0 saturated heterocycles. The van der Waals surface area contributed by atoms with Crippen molar-refractivity contribution in [3.8, 4) is 12.1 Å². The summed E-state index contributed by atoms with van der Waals surface area (Å²) in [6, 6.07) is 7.44. The number of carbonyl (C=O) groups is 1. The lowest BCUT2D eigenvalue weighted by molar-refractivity contribution is -0.137. The average Bonchev–Trinajstić information content (AvgIpc) is 2.37. The zero-order valence-corrected chi connectivity index (χ0v) is 10.7. The van der Waals surface area contributed by atoms with Gasteiger partial charge < -0.3 is 4.74 Å². The minimum atomic E-state index is -3.91. The van der Waals surface area contributed by atoms with Crippen LogP contribution in [0.1, 0.15) is 11.1 Å². The van der Waals surface area contributed by atoms with Crippen LogP contribution in [0.5, 0.6) is 0 Å². The normalized spacial score (nSPS) is 10.1. The van der Waals surface area contributed by atoms with Gasteiger partial charge in [-0.15, -0.1) is 0 Å². The van der Waals surface area contributed by atoms with Gasteiger partial charge >= 0.3 is 5.97 Å². The predicted octanol–water partition coefficient (Wildman–Crippen LogP) is 0.345. The molecule has 0 spiro atoms. The molecule has 0 aromatic heterocycles. The summed E-state index contributed by atoms with van der Waals surface area (Å²) in [7, 11) is -2.83. The van der Waals surface area contributed by atoms with Crippen molar-refractivity contribution in [1.82, 2.24) is 0 Å². The van der Waals surface area contributed by atoms with Gasteiger partial charge in [0.2, 0.25) is 10.0 Å². The number of nitriles is 2. The molecule has 0 aliphatic heterocycles. The molecule has 0 aliphatic rings. The van der Waals surface area contributed by atoms with Gasteiger partial charge in [0.1, 0.15) is 12.1 Å². The number of benzene rings is 1. The first-order chi connectivity index (χ1) is 8.91. The molecule has 0 saturated carbocycles. The van der Waals surface area contributed by atoms with Crippen molar-refractivity contribution < 1.29 is 17.9 Å². The minimum Gasteiger partial charge on any atom is -0.468 e.